The predicted octanol–water partition coefficient (Wildman–Crippen LogP) is 4.94. The van der Waals surface area contributed by atoms with E-state index in [0.717, 1.165) is 48.4 Å². The normalized spacial score (nSPS) is 20.5. The Morgan fingerprint density at radius 2 is 1.92 bits per heavy atom. The number of nitrogens with zero attached hydrogens (tertiary/aromatic N) is 5. The number of carbonyl (C=O) groups is 1. The second kappa shape index (κ2) is 16.7. The van der Waals surface area contributed by atoms with Gasteiger partial charge in [0.1, 0.15) is 17.1 Å². The Balaban J connectivity index is 1.19. The van der Waals surface area contributed by atoms with Gasteiger partial charge in [-0.15, -0.1) is 0 Å². The molecule has 3 aliphatic rings. The molecule has 1 aromatic heterocycles. The Kier molecular flexibility index (Phi) is 12.6. The molecule has 1 amide bonds. The quantitative estimate of drug-likeness (QED) is 0.187. The van der Waals surface area contributed by atoms with E-state index in [1.54, 1.807) is 37.3 Å². The molecule has 280 valence electrons. The highest BCUT2D eigenvalue weighted by atomic mass is 32.2. The van der Waals surface area contributed by atoms with Crippen LogP contribution in [0.25, 0.3) is 0 Å². The van der Waals surface area contributed by atoms with Crippen LogP contribution >= 0.6 is 0 Å². The molecule has 1 saturated carbocycles. The molecule has 2 aromatic rings. The van der Waals surface area contributed by atoms with Gasteiger partial charge < -0.3 is 25.6 Å². The Bertz CT molecular complexity index is 1630. The number of carbonyl (C=O) groups excluding carboxylic acids is 1. The summed E-state index contributed by atoms with van der Waals surface area (Å²) in [6.07, 6.45) is 3.19. The molecule has 51 heavy (non-hydrogen) atoms. The van der Waals surface area contributed by atoms with Gasteiger partial charge >= 0.3 is 6.18 Å². The van der Waals surface area contributed by atoms with Gasteiger partial charge in [-0.1, -0.05) is 18.2 Å². The minimum Gasteiger partial charge on any atom is -0.499 e. The van der Waals surface area contributed by atoms with Gasteiger partial charge in [-0.25, -0.2) is 9.19 Å². The average Bonchev–Trinajstić information content (AvgIpc) is 3.91. The predicted molar refractivity (Wildman–Crippen MR) is 192 cm³/mol. The Labute approximate surface area is 300 Å². The molecular formula is C35H49F3N8O4S. The zero-order valence-electron chi connectivity index (χ0n) is 29.8. The molecule has 5 rings (SSSR count). The molecule has 1 aromatic carbocycles. The smallest absolute Gasteiger partial charge is 0.421 e. The first-order valence-electron chi connectivity index (χ1n) is 17.3. The number of hydrogen-bond acceptors (Lipinski definition) is 9. The van der Waals surface area contributed by atoms with E-state index in [0.29, 0.717) is 41.2 Å². The maximum absolute atomic E-state index is 14.0. The van der Waals surface area contributed by atoms with Crippen LogP contribution in [0.2, 0.25) is 0 Å². The Morgan fingerprint density at radius 3 is 2.57 bits per heavy atom. The van der Waals surface area contributed by atoms with Gasteiger partial charge in [0.15, 0.2) is 0 Å². The maximum atomic E-state index is 14.0. The standard InChI is InChI=1S/C35H49F3N8O4S/c1-22-6-9-27(30(16-22)44(4)51(48)49)19-39-32-28(35(36,37)38)20-40-34(43-32)42-29-11-10-26(18-31(29)50-5)33(47)41-23(2)17-24(3)46-14-12-45(13-15-46)21-25-7-8-25/h6,9-10,16,18,20,23-25,29H,7-8,11-15,17,19,21H2,1-5H3,(H,41,47)(H,48,49)(H2,39,40,42,43). The fourth-order valence-electron chi connectivity index (χ4n) is 6.57. The maximum Gasteiger partial charge on any atom is 0.421 e. The van der Waals surface area contributed by atoms with Crippen LogP contribution in [-0.2, 0) is 33.5 Å². The minimum absolute atomic E-state index is 0.0539. The molecule has 1 saturated heterocycles. The number of methoxy groups -OCH3 is 1. The van der Waals surface area contributed by atoms with E-state index in [2.05, 4.69) is 42.6 Å². The number of hydrogen-bond donors (Lipinski definition) is 4. The molecule has 0 radical (unpaired) electrons. The van der Waals surface area contributed by atoms with Crippen molar-refractivity contribution >= 4 is 34.6 Å². The Hall–Kier alpha value is -3.73. The van der Waals surface area contributed by atoms with Crippen molar-refractivity contribution in [3.8, 4) is 0 Å². The van der Waals surface area contributed by atoms with Crippen LogP contribution in [0.4, 0.5) is 30.6 Å². The van der Waals surface area contributed by atoms with Gasteiger partial charge in [0.25, 0.3) is 17.2 Å². The summed E-state index contributed by atoms with van der Waals surface area (Å²) in [6, 6.07) is 4.84. The molecule has 16 heteroatoms. The number of rotatable bonds is 15. The molecule has 4 atom stereocenters. The summed E-state index contributed by atoms with van der Waals surface area (Å²) < 4.78 is 70.0. The van der Waals surface area contributed by atoms with Gasteiger partial charge in [0.05, 0.1) is 18.8 Å². The van der Waals surface area contributed by atoms with Crippen LogP contribution < -0.4 is 20.3 Å². The van der Waals surface area contributed by atoms with Crippen LogP contribution in [-0.4, -0.2) is 99.4 Å². The van der Waals surface area contributed by atoms with Crippen LogP contribution in [0.1, 0.15) is 56.2 Å². The second-order valence-corrected chi connectivity index (χ2v) is 14.8. The summed E-state index contributed by atoms with van der Waals surface area (Å²) in [6.45, 7) is 11.4. The van der Waals surface area contributed by atoms with Crippen LogP contribution in [0.5, 0.6) is 0 Å². The molecular weight excluding hydrogens is 685 g/mol. The molecule has 0 spiro atoms. The third-order valence-corrected chi connectivity index (χ3v) is 10.4. The molecule has 2 heterocycles. The van der Waals surface area contributed by atoms with E-state index in [4.69, 9.17) is 4.74 Å². The third-order valence-electron chi connectivity index (χ3n) is 9.69. The number of piperazine rings is 1. The lowest BCUT2D eigenvalue weighted by atomic mass is 9.99. The first-order valence-corrected chi connectivity index (χ1v) is 18.4. The molecule has 0 bridgehead atoms. The van der Waals surface area contributed by atoms with Gasteiger partial charge in [-0.2, -0.15) is 18.2 Å². The van der Waals surface area contributed by atoms with E-state index in [-0.39, 0.29) is 24.4 Å². The van der Waals surface area contributed by atoms with Crippen molar-refractivity contribution in [2.75, 3.05) is 61.8 Å². The van der Waals surface area contributed by atoms with E-state index in [9.17, 15) is 26.7 Å². The summed E-state index contributed by atoms with van der Waals surface area (Å²) in [5.41, 5.74) is 1.06. The van der Waals surface area contributed by atoms with Crippen LogP contribution in [0.3, 0.4) is 0 Å². The number of alkyl halides is 3. The van der Waals surface area contributed by atoms with Crippen molar-refractivity contribution in [3.05, 3.63) is 64.6 Å². The summed E-state index contributed by atoms with van der Waals surface area (Å²) in [7, 11) is 2.88. The van der Waals surface area contributed by atoms with Crippen molar-refractivity contribution in [3.63, 3.8) is 0 Å². The number of nitrogens with one attached hydrogen (secondary N) is 3. The van der Waals surface area contributed by atoms with E-state index in [1.165, 1.54) is 33.5 Å². The van der Waals surface area contributed by atoms with Gasteiger partial charge in [0.2, 0.25) is 5.95 Å². The number of halogens is 3. The number of benzene rings is 1. The van der Waals surface area contributed by atoms with Crippen LogP contribution in [0, 0.1) is 12.8 Å². The van der Waals surface area contributed by atoms with Gasteiger partial charge in [-0.3, -0.25) is 18.6 Å². The minimum atomic E-state index is -4.74. The highest BCUT2D eigenvalue weighted by Gasteiger charge is 2.36. The van der Waals surface area contributed by atoms with Crippen LogP contribution in [0.15, 0.2) is 47.9 Å². The first-order chi connectivity index (χ1) is 24.2. The molecule has 1 aliphatic heterocycles. The van der Waals surface area contributed by atoms with Gasteiger partial charge in [0, 0.05) is 70.2 Å². The van der Waals surface area contributed by atoms with Crippen molar-refractivity contribution in [1.82, 2.24) is 25.1 Å². The fraction of sp³-hybridized carbons (Fsp3) is 0.571. The van der Waals surface area contributed by atoms with E-state index < -0.39 is 34.9 Å². The van der Waals surface area contributed by atoms with Crippen molar-refractivity contribution in [2.24, 2.45) is 5.92 Å². The van der Waals surface area contributed by atoms with E-state index >= 15 is 0 Å². The first kappa shape index (κ1) is 38.5. The lowest BCUT2D eigenvalue weighted by molar-refractivity contribution is -0.137. The van der Waals surface area contributed by atoms with Crippen molar-refractivity contribution in [1.29, 1.82) is 0 Å². The summed E-state index contributed by atoms with van der Waals surface area (Å²) in [5, 5.41) is 8.89. The zero-order valence-corrected chi connectivity index (χ0v) is 30.6. The molecule has 2 aliphatic carbocycles. The highest BCUT2D eigenvalue weighted by Crippen LogP contribution is 2.35. The number of amides is 1. The SMILES string of the molecule is COC1=CC(C(=O)NC(C)CC(C)N2CCN(CC3CC3)CC2)=CCC1Nc1ncc(C(F)(F)F)c(NCc2ccc(C)cc2N(C)S(=O)O)n1. The Morgan fingerprint density at radius 1 is 1.20 bits per heavy atom. The number of anilines is 3. The summed E-state index contributed by atoms with van der Waals surface area (Å²) in [4.78, 5) is 26.4. The number of ether oxygens (including phenoxy) is 1. The molecule has 4 N–H and O–H groups in total. The zero-order chi connectivity index (χ0) is 36.9. The van der Waals surface area contributed by atoms with Gasteiger partial charge in [-0.05, 0) is 75.6 Å². The summed E-state index contributed by atoms with van der Waals surface area (Å²) >= 11 is -2.33. The topological polar surface area (TPSA) is 135 Å². The van der Waals surface area contributed by atoms with Crippen molar-refractivity contribution < 1.29 is 31.5 Å². The highest BCUT2D eigenvalue weighted by molar-refractivity contribution is 7.80. The van der Waals surface area contributed by atoms with Crippen molar-refractivity contribution in [2.45, 2.75) is 77.3 Å². The average molecular weight is 735 g/mol. The van der Waals surface area contributed by atoms with E-state index in [1.807, 2.05) is 6.92 Å². The largest absolute Gasteiger partial charge is 0.499 e. The third kappa shape index (κ3) is 10.4. The number of aryl methyl sites for hydroxylation is 1. The lowest BCUT2D eigenvalue weighted by Gasteiger charge is -2.39. The fourth-order valence-corrected chi connectivity index (χ4v) is 6.91. The monoisotopic (exact) mass is 734 g/mol. The molecule has 12 nitrogen and oxygen atoms in total. The molecule has 2 fully saturated rings. The number of aromatic nitrogens is 2. The second-order valence-electron chi connectivity index (χ2n) is 13.7. The summed E-state index contributed by atoms with van der Waals surface area (Å²) in [5.74, 6) is 0.549. The molecule has 4 unspecified atom stereocenters. The lowest BCUT2D eigenvalue weighted by Crippen LogP contribution is -2.51.